The summed E-state index contributed by atoms with van der Waals surface area (Å²) in [5.74, 6) is 0.340. The van der Waals surface area contributed by atoms with E-state index in [9.17, 15) is 9.59 Å². The maximum Gasteiger partial charge on any atom is 0.258 e. The average Bonchev–Trinajstić information content (AvgIpc) is 2.41. The number of benzene rings is 1. The molecule has 5 nitrogen and oxygen atoms in total. The van der Waals surface area contributed by atoms with Gasteiger partial charge in [-0.1, -0.05) is 12.1 Å². The fourth-order valence-electron chi connectivity index (χ4n) is 1.92. The number of likely N-dealkylation sites (N-methyl/N-ethyl adjacent to an activating group) is 1. The zero-order valence-electron chi connectivity index (χ0n) is 10.5. The predicted molar refractivity (Wildman–Crippen MR) is 66.5 cm³/mol. The molecule has 1 aromatic rings. The molecule has 2 amide bonds. The number of hydrogen-bond acceptors (Lipinski definition) is 3. The topological polar surface area (TPSA) is 49.9 Å². The number of hydrogen-bond donors (Lipinski definition) is 0. The van der Waals surface area contributed by atoms with E-state index < -0.39 is 0 Å². The lowest BCUT2D eigenvalue weighted by molar-refractivity contribution is -0.133. The van der Waals surface area contributed by atoms with Gasteiger partial charge in [-0.25, -0.2) is 0 Å². The van der Waals surface area contributed by atoms with Crippen molar-refractivity contribution < 1.29 is 14.3 Å². The second kappa shape index (κ2) is 5.08. The van der Waals surface area contributed by atoms with Crippen molar-refractivity contribution in [3.05, 3.63) is 29.8 Å². The van der Waals surface area contributed by atoms with Crippen LogP contribution in [0.5, 0.6) is 5.75 Å². The Balaban J connectivity index is 2.19. The van der Waals surface area contributed by atoms with Crippen molar-refractivity contribution in [3.63, 3.8) is 0 Å². The van der Waals surface area contributed by atoms with Crippen LogP contribution in [0.15, 0.2) is 24.3 Å². The lowest BCUT2D eigenvalue weighted by Crippen LogP contribution is -2.50. The minimum Gasteiger partial charge on any atom is -0.496 e. The molecule has 1 fully saturated rings. The Labute approximate surface area is 106 Å². The normalized spacial score (nSPS) is 15.8. The molecule has 1 aliphatic rings. The number of para-hydroxylation sites is 1. The molecule has 0 saturated carbocycles. The monoisotopic (exact) mass is 248 g/mol. The third kappa shape index (κ3) is 2.30. The van der Waals surface area contributed by atoms with Gasteiger partial charge in [0.05, 0.1) is 12.7 Å². The minimum atomic E-state index is -0.158. The van der Waals surface area contributed by atoms with Crippen LogP contribution in [0.2, 0.25) is 0 Å². The molecule has 0 atom stereocenters. The molecule has 2 rings (SSSR count). The lowest BCUT2D eigenvalue weighted by atomic mass is 10.1. The maximum atomic E-state index is 12.3. The van der Waals surface area contributed by atoms with Gasteiger partial charge in [0.2, 0.25) is 5.91 Å². The van der Waals surface area contributed by atoms with Gasteiger partial charge in [-0.2, -0.15) is 0 Å². The van der Waals surface area contributed by atoms with Crippen LogP contribution < -0.4 is 4.74 Å². The van der Waals surface area contributed by atoms with E-state index in [0.717, 1.165) is 0 Å². The number of piperazine rings is 1. The van der Waals surface area contributed by atoms with Gasteiger partial charge in [-0.05, 0) is 12.1 Å². The first kappa shape index (κ1) is 12.4. The van der Waals surface area contributed by atoms with E-state index in [1.54, 1.807) is 35.0 Å². The van der Waals surface area contributed by atoms with E-state index in [1.807, 2.05) is 6.07 Å². The summed E-state index contributed by atoms with van der Waals surface area (Å²) in [4.78, 5) is 27.1. The minimum absolute atomic E-state index is 0.0375. The van der Waals surface area contributed by atoms with Crippen LogP contribution in [-0.4, -0.2) is 55.4 Å². The number of methoxy groups -OCH3 is 1. The Morgan fingerprint density at radius 1 is 1.28 bits per heavy atom. The molecule has 1 heterocycles. The molecule has 0 radical (unpaired) electrons. The van der Waals surface area contributed by atoms with Crippen LogP contribution in [0.3, 0.4) is 0 Å². The lowest BCUT2D eigenvalue weighted by Gasteiger charge is -2.32. The van der Waals surface area contributed by atoms with Crippen LogP contribution in [-0.2, 0) is 4.79 Å². The van der Waals surface area contributed by atoms with E-state index in [4.69, 9.17) is 4.74 Å². The molecular weight excluding hydrogens is 232 g/mol. The fraction of sp³-hybridized carbons (Fsp3) is 0.385. The number of amides is 2. The van der Waals surface area contributed by atoms with Gasteiger partial charge in [0.1, 0.15) is 12.3 Å². The molecule has 1 aliphatic heterocycles. The maximum absolute atomic E-state index is 12.3. The fourth-order valence-corrected chi connectivity index (χ4v) is 1.92. The van der Waals surface area contributed by atoms with Crippen molar-refractivity contribution in [1.82, 2.24) is 9.80 Å². The summed E-state index contributed by atoms with van der Waals surface area (Å²) in [6, 6.07) is 7.05. The predicted octanol–water partition coefficient (Wildman–Crippen LogP) is 0.609. The highest BCUT2D eigenvalue weighted by Crippen LogP contribution is 2.20. The van der Waals surface area contributed by atoms with Crippen LogP contribution >= 0.6 is 0 Å². The van der Waals surface area contributed by atoms with Gasteiger partial charge in [-0.15, -0.1) is 0 Å². The Bertz CT molecular complexity index is 473. The summed E-state index contributed by atoms with van der Waals surface area (Å²) in [5.41, 5.74) is 0.498. The molecule has 96 valence electrons. The summed E-state index contributed by atoms with van der Waals surface area (Å²) in [5, 5.41) is 0. The van der Waals surface area contributed by atoms with Crippen molar-refractivity contribution in [2.24, 2.45) is 0 Å². The highest BCUT2D eigenvalue weighted by molar-refractivity contribution is 5.99. The number of rotatable bonds is 2. The molecule has 0 aromatic heterocycles. The molecule has 0 bridgehead atoms. The molecule has 0 aliphatic carbocycles. The molecular formula is C13H16N2O3. The van der Waals surface area contributed by atoms with Gasteiger partial charge in [0.15, 0.2) is 0 Å². The molecule has 18 heavy (non-hydrogen) atoms. The number of ether oxygens (including phenoxy) is 1. The van der Waals surface area contributed by atoms with Crippen molar-refractivity contribution in [2.75, 3.05) is 33.8 Å². The van der Waals surface area contributed by atoms with E-state index in [-0.39, 0.29) is 18.4 Å². The van der Waals surface area contributed by atoms with Crippen molar-refractivity contribution in [3.8, 4) is 5.75 Å². The van der Waals surface area contributed by atoms with Crippen molar-refractivity contribution in [1.29, 1.82) is 0 Å². The SMILES string of the molecule is COc1ccccc1C(=O)N1CCN(C)C(=O)C1. The number of carbonyl (C=O) groups is 2. The quantitative estimate of drug-likeness (QED) is 0.770. The first-order valence-corrected chi connectivity index (χ1v) is 5.79. The largest absolute Gasteiger partial charge is 0.496 e. The Kier molecular flexibility index (Phi) is 3.50. The number of nitrogens with zero attached hydrogens (tertiary/aromatic N) is 2. The Morgan fingerprint density at radius 3 is 2.67 bits per heavy atom. The van der Waals surface area contributed by atoms with E-state index in [0.29, 0.717) is 24.4 Å². The van der Waals surface area contributed by atoms with Gasteiger partial charge >= 0.3 is 0 Å². The average molecular weight is 248 g/mol. The summed E-state index contributed by atoms with van der Waals surface area (Å²) in [7, 11) is 3.27. The van der Waals surface area contributed by atoms with Crippen LogP contribution in [0, 0.1) is 0 Å². The molecule has 0 unspecified atom stereocenters. The standard InChI is InChI=1S/C13H16N2O3/c1-14-7-8-15(9-12(14)16)13(17)10-5-3-4-6-11(10)18-2/h3-6H,7-9H2,1-2H3. The van der Waals surface area contributed by atoms with Gasteiger partial charge in [-0.3, -0.25) is 9.59 Å². The van der Waals surface area contributed by atoms with Crippen LogP contribution in [0.4, 0.5) is 0 Å². The zero-order chi connectivity index (χ0) is 13.1. The molecule has 1 aromatic carbocycles. The van der Waals surface area contributed by atoms with E-state index in [2.05, 4.69) is 0 Å². The van der Waals surface area contributed by atoms with E-state index >= 15 is 0 Å². The molecule has 1 saturated heterocycles. The van der Waals surface area contributed by atoms with E-state index in [1.165, 1.54) is 7.11 Å². The third-order valence-corrected chi connectivity index (χ3v) is 3.08. The number of carbonyl (C=O) groups excluding carboxylic acids is 2. The summed E-state index contributed by atoms with van der Waals surface area (Å²) < 4.78 is 5.16. The van der Waals surface area contributed by atoms with Crippen molar-refractivity contribution in [2.45, 2.75) is 0 Å². The van der Waals surface area contributed by atoms with Gasteiger partial charge in [0, 0.05) is 20.1 Å². The van der Waals surface area contributed by atoms with Gasteiger partial charge < -0.3 is 14.5 Å². The summed E-state index contributed by atoms with van der Waals surface area (Å²) >= 11 is 0. The molecule has 0 spiro atoms. The third-order valence-electron chi connectivity index (χ3n) is 3.08. The van der Waals surface area contributed by atoms with Crippen LogP contribution in [0.1, 0.15) is 10.4 Å². The second-order valence-corrected chi connectivity index (χ2v) is 4.24. The smallest absolute Gasteiger partial charge is 0.258 e. The molecule has 0 N–H and O–H groups in total. The first-order chi connectivity index (χ1) is 8.63. The molecule has 5 heteroatoms. The second-order valence-electron chi connectivity index (χ2n) is 4.24. The zero-order valence-corrected chi connectivity index (χ0v) is 10.5. The summed E-state index contributed by atoms with van der Waals surface area (Å²) in [6.45, 7) is 1.26. The first-order valence-electron chi connectivity index (χ1n) is 5.79. The summed E-state index contributed by atoms with van der Waals surface area (Å²) in [6.07, 6.45) is 0. The highest BCUT2D eigenvalue weighted by atomic mass is 16.5. The Hall–Kier alpha value is -2.04. The Morgan fingerprint density at radius 2 is 2.00 bits per heavy atom. The highest BCUT2D eigenvalue weighted by Gasteiger charge is 2.26. The van der Waals surface area contributed by atoms with Crippen LogP contribution in [0.25, 0.3) is 0 Å². The van der Waals surface area contributed by atoms with Crippen molar-refractivity contribution >= 4 is 11.8 Å². The van der Waals surface area contributed by atoms with Gasteiger partial charge in [0.25, 0.3) is 5.91 Å².